The van der Waals surface area contributed by atoms with Gasteiger partial charge < -0.3 is 4.98 Å². The molecule has 5 aromatic rings. The van der Waals surface area contributed by atoms with Gasteiger partial charge >= 0.3 is 0 Å². The lowest BCUT2D eigenvalue weighted by Gasteiger charge is -2.15. The maximum atomic E-state index is 3.51. The van der Waals surface area contributed by atoms with E-state index in [1.165, 1.54) is 43.7 Å². The molecular weight excluding hydrogens is 302 g/mol. The Hall–Kier alpha value is -3.06. The van der Waals surface area contributed by atoms with Crippen molar-refractivity contribution in [2.24, 2.45) is 0 Å². The Labute approximate surface area is 146 Å². The topological polar surface area (TPSA) is 15.8 Å². The summed E-state index contributed by atoms with van der Waals surface area (Å²) in [6.07, 6.45) is 0. The summed E-state index contributed by atoms with van der Waals surface area (Å²) in [5.41, 5.74) is 5.15. The molecule has 1 heteroatoms. The van der Waals surface area contributed by atoms with Gasteiger partial charge in [0.1, 0.15) is 0 Å². The number of aromatic amines is 1. The molecule has 0 aliphatic rings. The van der Waals surface area contributed by atoms with Crippen molar-refractivity contribution in [2.45, 2.75) is 12.8 Å². The van der Waals surface area contributed by atoms with E-state index in [-0.39, 0.29) is 0 Å². The Morgan fingerprint density at radius 3 is 2.28 bits per heavy atom. The van der Waals surface area contributed by atoms with Crippen LogP contribution in [0.3, 0.4) is 0 Å². The standard InChI is InChI=1S/C24H19N/c1-16(19-11-6-8-17-7-2-3-9-20(17)19)18-13-14-24-22(15-18)21-10-4-5-12-23(21)25-24/h2-16,25H,1H3. The summed E-state index contributed by atoms with van der Waals surface area (Å²) in [4.78, 5) is 3.51. The van der Waals surface area contributed by atoms with Crippen molar-refractivity contribution in [1.29, 1.82) is 0 Å². The molecule has 0 amide bonds. The minimum Gasteiger partial charge on any atom is -0.355 e. The van der Waals surface area contributed by atoms with Gasteiger partial charge in [0.05, 0.1) is 0 Å². The van der Waals surface area contributed by atoms with Gasteiger partial charge in [-0.25, -0.2) is 0 Å². The van der Waals surface area contributed by atoms with E-state index < -0.39 is 0 Å². The van der Waals surface area contributed by atoms with E-state index in [9.17, 15) is 0 Å². The minimum atomic E-state index is 0.351. The SMILES string of the molecule is CC(c1ccc2[nH]c3ccccc3c2c1)c1cccc2ccccc12. The number of nitrogens with one attached hydrogen (secondary N) is 1. The van der Waals surface area contributed by atoms with Gasteiger partial charge in [0, 0.05) is 27.7 Å². The van der Waals surface area contributed by atoms with Crippen molar-refractivity contribution >= 4 is 32.6 Å². The first-order chi connectivity index (χ1) is 12.3. The van der Waals surface area contributed by atoms with Crippen LogP contribution in [0, 0.1) is 0 Å². The molecule has 1 nitrogen and oxygen atoms in total. The molecule has 5 rings (SSSR count). The quantitative estimate of drug-likeness (QED) is 0.376. The van der Waals surface area contributed by atoms with Crippen LogP contribution >= 0.6 is 0 Å². The lowest BCUT2D eigenvalue weighted by atomic mass is 9.89. The fourth-order valence-corrected chi connectivity index (χ4v) is 3.94. The minimum absolute atomic E-state index is 0.351. The van der Waals surface area contributed by atoms with Crippen LogP contribution in [0.5, 0.6) is 0 Å². The number of hydrogen-bond donors (Lipinski definition) is 1. The van der Waals surface area contributed by atoms with Crippen molar-refractivity contribution in [3.05, 3.63) is 96.1 Å². The summed E-state index contributed by atoms with van der Waals surface area (Å²) >= 11 is 0. The van der Waals surface area contributed by atoms with Crippen LogP contribution in [-0.4, -0.2) is 4.98 Å². The average molecular weight is 321 g/mol. The summed E-state index contributed by atoms with van der Waals surface area (Å²) < 4.78 is 0. The van der Waals surface area contributed by atoms with Crippen LogP contribution in [0.1, 0.15) is 24.0 Å². The maximum absolute atomic E-state index is 3.51. The normalized spacial score (nSPS) is 12.8. The number of fused-ring (bicyclic) bond motifs is 4. The summed E-state index contributed by atoms with van der Waals surface area (Å²) in [6.45, 7) is 2.30. The number of rotatable bonds is 2. The van der Waals surface area contributed by atoms with Gasteiger partial charge in [-0.2, -0.15) is 0 Å². The van der Waals surface area contributed by atoms with Gasteiger partial charge in [-0.15, -0.1) is 0 Å². The highest BCUT2D eigenvalue weighted by Gasteiger charge is 2.13. The Balaban J connectivity index is 1.70. The smallest absolute Gasteiger partial charge is 0.0465 e. The van der Waals surface area contributed by atoms with E-state index in [0.29, 0.717) is 5.92 Å². The lowest BCUT2D eigenvalue weighted by molar-refractivity contribution is 0.936. The molecule has 0 bridgehead atoms. The highest BCUT2D eigenvalue weighted by molar-refractivity contribution is 6.07. The molecule has 25 heavy (non-hydrogen) atoms. The van der Waals surface area contributed by atoms with Gasteiger partial charge in [-0.05, 0) is 40.1 Å². The van der Waals surface area contributed by atoms with Crippen LogP contribution < -0.4 is 0 Å². The van der Waals surface area contributed by atoms with Gasteiger partial charge in [0.15, 0.2) is 0 Å². The summed E-state index contributed by atoms with van der Waals surface area (Å²) in [7, 11) is 0. The van der Waals surface area contributed by atoms with Crippen molar-refractivity contribution in [3.8, 4) is 0 Å². The van der Waals surface area contributed by atoms with Gasteiger partial charge in [-0.1, -0.05) is 73.7 Å². The van der Waals surface area contributed by atoms with E-state index in [1.54, 1.807) is 0 Å². The van der Waals surface area contributed by atoms with Crippen molar-refractivity contribution in [2.75, 3.05) is 0 Å². The number of benzene rings is 4. The molecule has 0 aliphatic carbocycles. The molecule has 1 aromatic heterocycles. The monoisotopic (exact) mass is 321 g/mol. The number of aromatic nitrogens is 1. The van der Waals surface area contributed by atoms with Crippen LogP contribution in [0.2, 0.25) is 0 Å². The Morgan fingerprint density at radius 2 is 1.36 bits per heavy atom. The van der Waals surface area contributed by atoms with Crippen LogP contribution in [-0.2, 0) is 0 Å². The highest BCUT2D eigenvalue weighted by atomic mass is 14.7. The summed E-state index contributed by atoms with van der Waals surface area (Å²) in [5.74, 6) is 0.351. The maximum Gasteiger partial charge on any atom is 0.0465 e. The number of H-pyrrole nitrogens is 1. The molecule has 1 atom stereocenters. The molecule has 1 heterocycles. The predicted molar refractivity (Wildman–Crippen MR) is 107 cm³/mol. The number of para-hydroxylation sites is 1. The van der Waals surface area contributed by atoms with E-state index in [4.69, 9.17) is 0 Å². The molecule has 0 spiro atoms. The molecule has 0 saturated carbocycles. The van der Waals surface area contributed by atoms with Crippen molar-refractivity contribution in [3.63, 3.8) is 0 Å². The number of hydrogen-bond acceptors (Lipinski definition) is 0. The van der Waals surface area contributed by atoms with E-state index in [1.807, 2.05) is 0 Å². The Kier molecular flexibility index (Phi) is 3.14. The summed E-state index contributed by atoms with van der Waals surface area (Å²) in [5, 5.41) is 5.25. The van der Waals surface area contributed by atoms with E-state index in [0.717, 1.165) is 0 Å². The van der Waals surface area contributed by atoms with Crippen LogP contribution in [0.4, 0.5) is 0 Å². The predicted octanol–water partition coefficient (Wildman–Crippen LogP) is 6.63. The highest BCUT2D eigenvalue weighted by Crippen LogP contribution is 2.33. The molecule has 0 saturated heterocycles. The van der Waals surface area contributed by atoms with Gasteiger partial charge in [0.25, 0.3) is 0 Å². The van der Waals surface area contributed by atoms with E-state index in [2.05, 4.69) is 96.8 Å². The van der Waals surface area contributed by atoms with E-state index >= 15 is 0 Å². The second-order valence-corrected chi connectivity index (χ2v) is 6.77. The fraction of sp³-hybridized carbons (Fsp3) is 0.0833. The average Bonchev–Trinajstić information content (AvgIpc) is 3.05. The second kappa shape index (κ2) is 5.49. The first-order valence-electron chi connectivity index (χ1n) is 8.79. The van der Waals surface area contributed by atoms with Crippen molar-refractivity contribution in [1.82, 2.24) is 4.98 Å². The Bertz CT molecular complexity index is 1210. The zero-order chi connectivity index (χ0) is 16.8. The molecule has 1 unspecified atom stereocenters. The largest absolute Gasteiger partial charge is 0.355 e. The third-order valence-corrected chi connectivity index (χ3v) is 5.32. The molecule has 0 fully saturated rings. The lowest BCUT2D eigenvalue weighted by Crippen LogP contribution is -1.97. The first kappa shape index (κ1) is 14.3. The molecule has 4 aromatic carbocycles. The van der Waals surface area contributed by atoms with Gasteiger partial charge in [0.2, 0.25) is 0 Å². The van der Waals surface area contributed by atoms with Crippen molar-refractivity contribution < 1.29 is 0 Å². The Morgan fingerprint density at radius 1 is 0.640 bits per heavy atom. The molecule has 1 N–H and O–H groups in total. The molecule has 0 aliphatic heterocycles. The van der Waals surface area contributed by atoms with Crippen LogP contribution in [0.15, 0.2) is 84.9 Å². The van der Waals surface area contributed by atoms with Gasteiger partial charge in [-0.3, -0.25) is 0 Å². The first-order valence-corrected chi connectivity index (χ1v) is 8.79. The third kappa shape index (κ3) is 2.24. The third-order valence-electron chi connectivity index (χ3n) is 5.32. The second-order valence-electron chi connectivity index (χ2n) is 6.77. The molecule has 0 radical (unpaired) electrons. The molecule has 120 valence electrons. The van der Waals surface area contributed by atoms with Crippen LogP contribution in [0.25, 0.3) is 32.6 Å². The zero-order valence-corrected chi connectivity index (χ0v) is 14.2. The molecular formula is C24H19N. The summed E-state index contributed by atoms with van der Waals surface area (Å²) in [6, 6.07) is 30.6. The zero-order valence-electron chi connectivity index (χ0n) is 14.2. The fourth-order valence-electron chi connectivity index (χ4n) is 3.94.